The third kappa shape index (κ3) is 1.89. The lowest BCUT2D eigenvalue weighted by molar-refractivity contribution is 0.0927. The van der Waals surface area contributed by atoms with Gasteiger partial charge >= 0.3 is 0 Å². The summed E-state index contributed by atoms with van der Waals surface area (Å²) < 4.78 is 12.1. The first-order valence-corrected chi connectivity index (χ1v) is 5.48. The first kappa shape index (κ1) is 10.3. The fourth-order valence-corrected chi connectivity index (χ4v) is 1.75. The second kappa shape index (κ2) is 3.85. The number of aromatic nitrogens is 2. The smallest absolute Gasteiger partial charge is 0.244 e. The summed E-state index contributed by atoms with van der Waals surface area (Å²) in [4.78, 5) is 11.3. The average Bonchev–Trinajstić information content (AvgIpc) is 3.03. The molecular weight excluding hydrogens is 220 g/mol. The summed E-state index contributed by atoms with van der Waals surface area (Å²) in [6.07, 6.45) is 1.87. The number of hydrogen-bond donors (Lipinski definition) is 0. The normalized spacial score (nSPS) is 18.3. The molecule has 0 N–H and O–H groups in total. The molecular formula is C12H12N2O3. The molecule has 0 amide bonds. The highest BCUT2D eigenvalue weighted by Gasteiger charge is 2.23. The number of carbonyl (C=O) groups excluding carboxylic acids is 1. The minimum atomic E-state index is -0.109. The predicted octanol–water partition coefficient (Wildman–Crippen LogP) is 1.47. The van der Waals surface area contributed by atoms with Gasteiger partial charge in [-0.1, -0.05) is 6.07 Å². The Kier molecular flexibility index (Phi) is 2.33. The van der Waals surface area contributed by atoms with Gasteiger partial charge < -0.3 is 9.47 Å². The summed E-state index contributed by atoms with van der Waals surface area (Å²) in [7, 11) is 0. The first-order valence-electron chi connectivity index (χ1n) is 5.48. The maximum atomic E-state index is 11.3. The van der Waals surface area contributed by atoms with Crippen LogP contribution in [0.5, 0.6) is 5.75 Å². The Morgan fingerprint density at radius 1 is 1.65 bits per heavy atom. The van der Waals surface area contributed by atoms with Crippen LogP contribution in [0.15, 0.2) is 24.4 Å². The van der Waals surface area contributed by atoms with Crippen LogP contribution < -0.4 is 4.74 Å². The number of nitrogens with zero attached hydrogens (tertiary/aromatic N) is 2. The number of benzene rings is 1. The van der Waals surface area contributed by atoms with Crippen LogP contribution in [0.3, 0.4) is 0 Å². The van der Waals surface area contributed by atoms with E-state index in [1.165, 1.54) is 11.6 Å². The largest absolute Gasteiger partial charge is 0.490 e. The molecule has 1 aromatic heterocycles. The molecule has 0 spiro atoms. The Hall–Kier alpha value is -1.88. The highest BCUT2D eigenvalue weighted by molar-refractivity contribution is 5.92. The molecule has 0 bridgehead atoms. The van der Waals surface area contributed by atoms with E-state index in [9.17, 15) is 4.79 Å². The van der Waals surface area contributed by atoms with E-state index in [4.69, 9.17) is 9.47 Å². The summed E-state index contributed by atoms with van der Waals surface area (Å²) in [6.45, 7) is 2.80. The van der Waals surface area contributed by atoms with Gasteiger partial charge in [-0.3, -0.25) is 4.79 Å². The van der Waals surface area contributed by atoms with Crippen LogP contribution in [0, 0.1) is 0 Å². The van der Waals surface area contributed by atoms with Gasteiger partial charge in [0.1, 0.15) is 18.5 Å². The Labute approximate surface area is 97.9 Å². The summed E-state index contributed by atoms with van der Waals surface area (Å²) in [5.74, 6) is 0.633. The molecule has 1 unspecified atom stereocenters. The molecule has 5 heteroatoms. The average molecular weight is 232 g/mol. The predicted molar refractivity (Wildman–Crippen MR) is 61.3 cm³/mol. The van der Waals surface area contributed by atoms with E-state index in [1.54, 1.807) is 6.20 Å². The monoisotopic (exact) mass is 232 g/mol. The zero-order valence-corrected chi connectivity index (χ0v) is 9.42. The number of fused-ring (bicyclic) bond motifs is 1. The Bertz CT molecular complexity index is 572. The van der Waals surface area contributed by atoms with Crippen molar-refractivity contribution in [3.63, 3.8) is 0 Å². The highest BCUT2D eigenvalue weighted by Crippen LogP contribution is 2.26. The van der Waals surface area contributed by atoms with Crippen molar-refractivity contribution in [2.24, 2.45) is 0 Å². The molecule has 0 radical (unpaired) electrons. The fourth-order valence-electron chi connectivity index (χ4n) is 1.75. The van der Waals surface area contributed by atoms with Crippen LogP contribution in [0.25, 0.3) is 10.9 Å². The Morgan fingerprint density at radius 2 is 2.47 bits per heavy atom. The molecule has 1 atom stereocenters. The molecule has 0 aliphatic carbocycles. The van der Waals surface area contributed by atoms with Gasteiger partial charge in [0.15, 0.2) is 0 Å². The van der Waals surface area contributed by atoms with Crippen molar-refractivity contribution >= 4 is 16.8 Å². The fraction of sp³-hybridized carbons (Fsp3) is 0.333. The van der Waals surface area contributed by atoms with Crippen molar-refractivity contribution in [2.75, 3.05) is 13.2 Å². The van der Waals surface area contributed by atoms with Crippen molar-refractivity contribution in [3.8, 4) is 5.75 Å². The molecule has 1 aromatic carbocycles. The summed E-state index contributed by atoms with van der Waals surface area (Å²) in [5, 5.41) is 4.90. The lowest BCUT2D eigenvalue weighted by Gasteiger charge is -2.05. The topological polar surface area (TPSA) is 56.7 Å². The van der Waals surface area contributed by atoms with E-state index in [0.717, 1.165) is 23.3 Å². The van der Waals surface area contributed by atoms with Crippen LogP contribution in [-0.2, 0) is 4.74 Å². The van der Waals surface area contributed by atoms with Gasteiger partial charge in [0.2, 0.25) is 5.91 Å². The van der Waals surface area contributed by atoms with Crippen molar-refractivity contribution < 1.29 is 14.3 Å². The lowest BCUT2D eigenvalue weighted by atomic mass is 10.2. The molecule has 3 rings (SSSR count). The van der Waals surface area contributed by atoms with Gasteiger partial charge in [0.25, 0.3) is 0 Å². The van der Waals surface area contributed by atoms with Gasteiger partial charge in [-0.05, 0) is 12.1 Å². The minimum Gasteiger partial charge on any atom is -0.490 e. The van der Waals surface area contributed by atoms with Gasteiger partial charge in [0, 0.05) is 6.92 Å². The van der Waals surface area contributed by atoms with E-state index in [0.29, 0.717) is 6.61 Å². The minimum absolute atomic E-state index is 0.109. The van der Waals surface area contributed by atoms with Crippen LogP contribution in [0.4, 0.5) is 0 Å². The van der Waals surface area contributed by atoms with Crippen LogP contribution >= 0.6 is 0 Å². The number of carbonyl (C=O) groups is 1. The molecule has 1 aliphatic heterocycles. The number of epoxide rings is 1. The highest BCUT2D eigenvalue weighted by atomic mass is 16.6. The van der Waals surface area contributed by atoms with Crippen molar-refractivity contribution in [3.05, 3.63) is 24.4 Å². The standard InChI is InChI=1S/C12H12N2O3/c1-8(15)14-11-3-2-4-12(10(11)5-13-14)17-7-9-6-16-9/h2-5,9H,6-7H2,1H3. The van der Waals surface area contributed by atoms with Crippen molar-refractivity contribution in [1.82, 2.24) is 9.78 Å². The van der Waals surface area contributed by atoms with Crippen molar-refractivity contribution in [1.29, 1.82) is 0 Å². The van der Waals surface area contributed by atoms with E-state index in [1.807, 2.05) is 18.2 Å². The van der Waals surface area contributed by atoms with Crippen LogP contribution in [-0.4, -0.2) is 35.0 Å². The quantitative estimate of drug-likeness (QED) is 0.752. The molecule has 0 saturated carbocycles. The van der Waals surface area contributed by atoms with E-state index < -0.39 is 0 Å². The SMILES string of the molecule is CC(=O)n1ncc2c(OCC3CO3)cccc21. The van der Waals surface area contributed by atoms with E-state index in [-0.39, 0.29) is 12.0 Å². The molecule has 5 nitrogen and oxygen atoms in total. The third-order valence-corrected chi connectivity index (χ3v) is 2.70. The lowest BCUT2D eigenvalue weighted by Crippen LogP contribution is -2.07. The zero-order chi connectivity index (χ0) is 11.8. The number of ether oxygens (including phenoxy) is 2. The molecule has 1 fully saturated rings. The maximum Gasteiger partial charge on any atom is 0.244 e. The summed E-state index contributed by atoms with van der Waals surface area (Å²) in [6, 6.07) is 5.58. The number of rotatable bonds is 3. The molecule has 1 saturated heterocycles. The molecule has 88 valence electrons. The van der Waals surface area contributed by atoms with E-state index >= 15 is 0 Å². The Balaban J connectivity index is 1.97. The zero-order valence-electron chi connectivity index (χ0n) is 9.42. The molecule has 17 heavy (non-hydrogen) atoms. The van der Waals surface area contributed by atoms with Gasteiger partial charge in [-0.25, -0.2) is 4.68 Å². The summed E-state index contributed by atoms with van der Waals surface area (Å²) in [5.41, 5.74) is 0.770. The maximum absolute atomic E-state index is 11.3. The van der Waals surface area contributed by atoms with Crippen LogP contribution in [0.1, 0.15) is 11.7 Å². The Morgan fingerprint density at radius 3 is 3.18 bits per heavy atom. The van der Waals surface area contributed by atoms with Crippen molar-refractivity contribution in [2.45, 2.75) is 13.0 Å². The first-order chi connectivity index (χ1) is 8.25. The second-order valence-electron chi connectivity index (χ2n) is 4.03. The summed E-state index contributed by atoms with van der Waals surface area (Å²) >= 11 is 0. The molecule has 2 heterocycles. The van der Waals surface area contributed by atoms with Gasteiger partial charge in [-0.2, -0.15) is 5.10 Å². The number of hydrogen-bond acceptors (Lipinski definition) is 4. The molecule has 2 aromatic rings. The van der Waals surface area contributed by atoms with E-state index in [2.05, 4.69) is 5.10 Å². The second-order valence-corrected chi connectivity index (χ2v) is 4.03. The van der Waals surface area contributed by atoms with Gasteiger partial charge in [-0.15, -0.1) is 0 Å². The van der Waals surface area contributed by atoms with Crippen LogP contribution in [0.2, 0.25) is 0 Å². The molecule has 1 aliphatic rings. The van der Waals surface area contributed by atoms with Gasteiger partial charge in [0.05, 0.1) is 23.7 Å². The third-order valence-electron chi connectivity index (χ3n) is 2.70.